The molecule has 0 radical (unpaired) electrons. The van der Waals surface area contributed by atoms with Gasteiger partial charge in [0.25, 0.3) is 0 Å². The van der Waals surface area contributed by atoms with Crippen molar-refractivity contribution in [2.75, 3.05) is 31.7 Å². The van der Waals surface area contributed by atoms with Gasteiger partial charge >= 0.3 is 0 Å². The Morgan fingerprint density at radius 2 is 1.62 bits per heavy atom. The molecule has 0 amide bonds. The molecule has 0 aliphatic carbocycles. The van der Waals surface area contributed by atoms with Crippen molar-refractivity contribution in [1.29, 1.82) is 0 Å². The summed E-state index contributed by atoms with van der Waals surface area (Å²) < 4.78 is 6.04. The third-order valence-electron chi connectivity index (χ3n) is 4.83. The summed E-state index contributed by atoms with van der Waals surface area (Å²) in [6, 6.07) is 18.4. The van der Waals surface area contributed by atoms with Crippen molar-refractivity contribution in [3.8, 4) is 5.75 Å². The van der Waals surface area contributed by atoms with Crippen LogP contribution in [-0.4, -0.2) is 31.1 Å². The van der Waals surface area contributed by atoms with Crippen molar-refractivity contribution in [2.24, 2.45) is 0 Å². The van der Waals surface area contributed by atoms with E-state index in [1.807, 2.05) is 36.4 Å². The molecular weight excluding hydrogens is 322 g/mol. The van der Waals surface area contributed by atoms with E-state index < -0.39 is 0 Å². The van der Waals surface area contributed by atoms with Crippen molar-refractivity contribution in [1.82, 2.24) is 10.3 Å². The van der Waals surface area contributed by atoms with E-state index in [0.29, 0.717) is 0 Å². The van der Waals surface area contributed by atoms with Crippen LogP contribution in [0.15, 0.2) is 54.6 Å². The molecule has 1 heterocycles. The molecule has 4 nitrogen and oxygen atoms in total. The van der Waals surface area contributed by atoms with Gasteiger partial charge in [0.05, 0.1) is 6.61 Å². The fraction of sp³-hybridized carbons (Fsp3) is 0.455. The number of benzene rings is 2. The van der Waals surface area contributed by atoms with Crippen molar-refractivity contribution >= 4 is 5.69 Å². The lowest BCUT2D eigenvalue weighted by atomic mass is 10.1. The Bertz CT molecular complexity index is 626. The normalized spacial score (nSPS) is 14.9. The Morgan fingerprint density at radius 1 is 0.846 bits per heavy atom. The second-order valence-electron chi connectivity index (χ2n) is 6.91. The SMILES string of the molecule is c1ccc(NNCc2ccccc2OCCCCN2CCCCC2)cc1. The van der Waals surface area contributed by atoms with Crippen LogP contribution in [0, 0.1) is 0 Å². The lowest BCUT2D eigenvalue weighted by molar-refractivity contribution is 0.215. The summed E-state index contributed by atoms with van der Waals surface area (Å²) in [5.41, 5.74) is 8.72. The number of nitrogens with one attached hydrogen (secondary N) is 2. The lowest BCUT2D eigenvalue weighted by Gasteiger charge is -2.26. The summed E-state index contributed by atoms with van der Waals surface area (Å²) in [4.78, 5) is 2.59. The Hall–Kier alpha value is -2.04. The van der Waals surface area contributed by atoms with E-state index >= 15 is 0 Å². The van der Waals surface area contributed by atoms with Crippen LogP contribution in [0.1, 0.15) is 37.7 Å². The molecule has 0 spiro atoms. The molecule has 1 aliphatic heterocycles. The number of hydrogen-bond acceptors (Lipinski definition) is 4. The molecule has 26 heavy (non-hydrogen) atoms. The minimum Gasteiger partial charge on any atom is -0.493 e. The highest BCUT2D eigenvalue weighted by Crippen LogP contribution is 2.18. The van der Waals surface area contributed by atoms with E-state index in [1.54, 1.807) is 0 Å². The van der Waals surface area contributed by atoms with E-state index in [1.165, 1.54) is 50.9 Å². The van der Waals surface area contributed by atoms with E-state index in [-0.39, 0.29) is 0 Å². The first-order chi connectivity index (χ1) is 12.9. The van der Waals surface area contributed by atoms with Crippen LogP contribution in [0.5, 0.6) is 5.75 Å². The second kappa shape index (κ2) is 10.8. The van der Waals surface area contributed by atoms with Crippen LogP contribution in [0.25, 0.3) is 0 Å². The summed E-state index contributed by atoms with van der Waals surface area (Å²) in [7, 11) is 0. The predicted molar refractivity (Wildman–Crippen MR) is 108 cm³/mol. The molecule has 0 atom stereocenters. The molecule has 0 aromatic heterocycles. The summed E-state index contributed by atoms with van der Waals surface area (Å²) in [5, 5.41) is 0. The van der Waals surface area contributed by atoms with Gasteiger partial charge in [-0.3, -0.25) is 0 Å². The van der Waals surface area contributed by atoms with Crippen molar-refractivity contribution in [3.63, 3.8) is 0 Å². The number of hydrazine groups is 1. The average molecular weight is 354 g/mol. The predicted octanol–water partition coefficient (Wildman–Crippen LogP) is 4.45. The maximum absolute atomic E-state index is 6.04. The first kappa shape index (κ1) is 18.7. The van der Waals surface area contributed by atoms with Gasteiger partial charge < -0.3 is 15.1 Å². The van der Waals surface area contributed by atoms with Crippen molar-refractivity contribution in [3.05, 3.63) is 60.2 Å². The minimum absolute atomic E-state index is 0.721. The number of piperidine rings is 1. The van der Waals surface area contributed by atoms with E-state index in [4.69, 9.17) is 4.74 Å². The number of para-hydroxylation sites is 2. The number of hydrogen-bond donors (Lipinski definition) is 2. The highest BCUT2D eigenvalue weighted by Gasteiger charge is 2.09. The van der Waals surface area contributed by atoms with Crippen LogP contribution in [-0.2, 0) is 6.54 Å². The fourth-order valence-corrected chi connectivity index (χ4v) is 3.36. The summed E-state index contributed by atoms with van der Waals surface area (Å²) in [6.07, 6.45) is 6.47. The first-order valence-corrected chi connectivity index (χ1v) is 9.89. The maximum atomic E-state index is 6.04. The molecule has 1 saturated heterocycles. The van der Waals surface area contributed by atoms with Gasteiger partial charge in [0.15, 0.2) is 0 Å². The van der Waals surface area contributed by atoms with E-state index in [2.05, 4.69) is 34.0 Å². The van der Waals surface area contributed by atoms with Crippen molar-refractivity contribution < 1.29 is 4.74 Å². The summed E-state index contributed by atoms with van der Waals surface area (Å²) in [6.45, 7) is 5.29. The van der Waals surface area contributed by atoms with Gasteiger partial charge in [0.1, 0.15) is 5.75 Å². The first-order valence-electron chi connectivity index (χ1n) is 9.89. The van der Waals surface area contributed by atoms with E-state index in [9.17, 15) is 0 Å². The van der Waals surface area contributed by atoms with Gasteiger partial charge in [-0.2, -0.15) is 0 Å². The molecule has 0 saturated carbocycles. The molecular formula is C22H31N3O. The van der Waals surface area contributed by atoms with Gasteiger partial charge in [-0.1, -0.05) is 42.8 Å². The molecule has 2 N–H and O–H groups in total. The molecule has 0 unspecified atom stereocenters. The van der Waals surface area contributed by atoms with Crippen LogP contribution in [0.3, 0.4) is 0 Å². The number of ether oxygens (including phenoxy) is 1. The zero-order chi connectivity index (χ0) is 17.9. The fourth-order valence-electron chi connectivity index (χ4n) is 3.36. The zero-order valence-electron chi connectivity index (χ0n) is 15.6. The molecule has 2 aromatic rings. The Labute approximate surface area is 157 Å². The van der Waals surface area contributed by atoms with E-state index in [0.717, 1.165) is 31.0 Å². The van der Waals surface area contributed by atoms with Gasteiger partial charge in [-0.25, -0.2) is 5.43 Å². The van der Waals surface area contributed by atoms with Crippen LogP contribution in [0.2, 0.25) is 0 Å². The average Bonchev–Trinajstić information content (AvgIpc) is 2.70. The quantitative estimate of drug-likeness (QED) is 0.489. The number of anilines is 1. The third-order valence-corrected chi connectivity index (χ3v) is 4.83. The third kappa shape index (κ3) is 6.36. The molecule has 1 fully saturated rings. The summed E-state index contributed by atoms with van der Waals surface area (Å²) >= 11 is 0. The Balaban J connectivity index is 1.36. The molecule has 3 rings (SSSR count). The highest BCUT2D eigenvalue weighted by atomic mass is 16.5. The Morgan fingerprint density at radius 3 is 2.46 bits per heavy atom. The zero-order valence-corrected chi connectivity index (χ0v) is 15.6. The van der Waals surface area contributed by atoms with Crippen molar-refractivity contribution in [2.45, 2.75) is 38.6 Å². The number of nitrogens with zero attached hydrogens (tertiary/aromatic N) is 1. The topological polar surface area (TPSA) is 36.5 Å². The summed E-state index contributed by atoms with van der Waals surface area (Å²) in [5.74, 6) is 0.979. The molecule has 0 bridgehead atoms. The van der Waals surface area contributed by atoms with Crippen LogP contribution >= 0.6 is 0 Å². The van der Waals surface area contributed by atoms with Gasteiger partial charge in [0, 0.05) is 17.8 Å². The molecule has 4 heteroatoms. The van der Waals surface area contributed by atoms with Gasteiger partial charge in [-0.05, 0) is 63.5 Å². The minimum atomic E-state index is 0.721. The molecule has 2 aromatic carbocycles. The second-order valence-corrected chi connectivity index (χ2v) is 6.91. The highest BCUT2D eigenvalue weighted by molar-refractivity contribution is 5.41. The number of unbranched alkanes of at least 4 members (excludes halogenated alkanes) is 1. The lowest BCUT2D eigenvalue weighted by Crippen LogP contribution is -2.30. The monoisotopic (exact) mass is 353 g/mol. The molecule has 140 valence electrons. The standard InChI is InChI=1S/C22H31N3O/c1-3-12-21(13-4-1)24-23-19-20-11-5-6-14-22(20)26-18-10-9-17-25-15-7-2-8-16-25/h1,3-6,11-14,23-24H,2,7-10,15-19H2. The van der Waals surface area contributed by atoms with Gasteiger partial charge in [0.2, 0.25) is 0 Å². The van der Waals surface area contributed by atoms with Crippen LogP contribution < -0.4 is 15.6 Å². The van der Waals surface area contributed by atoms with Crippen LogP contribution in [0.4, 0.5) is 5.69 Å². The number of likely N-dealkylation sites (tertiary alicyclic amines) is 1. The van der Waals surface area contributed by atoms with Gasteiger partial charge in [-0.15, -0.1) is 0 Å². The smallest absolute Gasteiger partial charge is 0.123 e. The maximum Gasteiger partial charge on any atom is 0.123 e. The Kier molecular flexibility index (Phi) is 7.81. The largest absolute Gasteiger partial charge is 0.493 e. The number of rotatable bonds is 10. The molecule has 1 aliphatic rings.